The fourth-order valence-corrected chi connectivity index (χ4v) is 1.65. The number of amides is 1. The van der Waals surface area contributed by atoms with E-state index < -0.39 is 0 Å². The molecule has 98 valence electrons. The smallest absolute Gasteiger partial charge is 0.305 e. The summed E-state index contributed by atoms with van der Waals surface area (Å²) in [6.07, 6.45) is 0.898. The third-order valence-corrected chi connectivity index (χ3v) is 2.62. The van der Waals surface area contributed by atoms with Crippen LogP contribution in [0.2, 0.25) is 0 Å². The minimum absolute atomic E-state index is 0.0983. The van der Waals surface area contributed by atoms with Crippen molar-refractivity contribution in [2.75, 3.05) is 26.4 Å². The van der Waals surface area contributed by atoms with Gasteiger partial charge in [0.25, 0.3) is 0 Å². The zero-order valence-electron chi connectivity index (χ0n) is 10.1. The Morgan fingerprint density at radius 2 is 2.24 bits per heavy atom. The number of rotatable bonds is 6. The predicted molar refractivity (Wildman–Crippen MR) is 61.2 cm³/mol. The number of nitrogens with two attached hydrogens (primary N) is 1. The van der Waals surface area contributed by atoms with E-state index in [4.69, 9.17) is 15.2 Å². The molecule has 17 heavy (non-hydrogen) atoms. The molecule has 3 N–H and O–H groups in total. The van der Waals surface area contributed by atoms with Crippen LogP contribution in [-0.2, 0) is 19.1 Å². The molecule has 6 heteroatoms. The van der Waals surface area contributed by atoms with E-state index in [1.165, 1.54) is 0 Å². The Morgan fingerprint density at radius 3 is 2.82 bits per heavy atom. The van der Waals surface area contributed by atoms with Crippen molar-refractivity contribution < 1.29 is 19.1 Å². The monoisotopic (exact) mass is 244 g/mol. The van der Waals surface area contributed by atoms with E-state index in [9.17, 15) is 9.59 Å². The maximum atomic E-state index is 11.6. The molecule has 0 aliphatic carbocycles. The Morgan fingerprint density at radius 1 is 1.47 bits per heavy atom. The van der Waals surface area contributed by atoms with Gasteiger partial charge in [0, 0.05) is 19.0 Å². The van der Waals surface area contributed by atoms with Crippen LogP contribution in [0.3, 0.4) is 0 Å². The first-order valence-electron chi connectivity index (χ1n) is 5.91. The maximum absolute atomic E-state index is 11.6. The van der Waals surface area contributed by atoms with E-state index in [-0.39, 0.29) is 23.8 Å². The molecule has 2 unspecified atom stereocenters. The molecule has 0 radical (unpaired) electrons. The fraction of sp³-hybridized carbons (Fsp3) is 0.818. The molecule has 1 rings (SSSR count). The molecule has 1 aliphatic heterocycles. The summed E-state index contributed by atoms with van der Waals surface area (Å²) < 4.78 is 9.88. The van der Waals surface area contributed by atoms with Crippen molar-refractivity contribution in [2.24, 2.45) is 11.7 Å². The van der Waals surface area contributed by atoms with Gasteiger partial charge in [0.15, 0.2) is 0 Å². The first-order chi connectivity index (χ1) is 8.15. The summed E-state index contributed by atoms with van der Waals surface area (Å²) in [4.78, 5) is 22.7. The topological polar surface area (TPSA) is 90.6 Å². The summed E-state index contributed by atoms with van der Waals surface area (Å²) >= 11 is 0. The van der Waals surface area contributed by atoms with Crippen molar-refractivity contribution in [3.05, 3.63) is 0 Å². The van der Waals surface area contributed by atoms with Crippen LogP contribution in [0.15, 0.2) is 0 Å². The Kier molecular flexibility index (Phi) is 5.93. The van der Waals surface area contributed by atoms with Crippen molar-refractivity contribution in [1.29, 1.82) is 0 Å². The largest absolute Gasteiger partial charge is 0.466 e. The average Bonchev–Trinajstić information content (AvgIpc) is 2.71. The van der Waals surface area contributed by atoms with Crippen molar-refractivity contribution in [1.82, 2.24) is 5.32 Å². The Hall–Kier alpha value is -1.14. The van der Waals surface area contributed by atoms with Gasteiger partial charge in [0.2, 0.25) is 5.91 Å². The summed E-state index contributed by atoms with van der Waals surface area (Å²) in [7, 11) is 0. The highest BCUT2D eigenvalue weighted by atomic mass is 16.5. The number of carbonyl (C=O) groups is 2. The van der Waals surface area contributed by atoms with Crippen LogP contribution in [0, 0.1) is 5.92 Å². The lowest BCUT2D eigenvalue weighted by atomic mass is 10.0. The lowest BCUT2D eigenvalue weighted by Crippen LogP contribution is -2.41. The van der Waals surface area contributed by atoms with Crippen molar-refractivity contribution >= 4 is 11.9 Å². The van der Waals surface area contributed by atoms with E-state index >= 15 is 0 Å². The molecule has 0 bridgehead atoms. The van der Waals surface area contributed by atoms with Gasteiger partial charge in [-0.2, -0.15) is 0 Å². The van der Waals surface area contributed by atoms with Crippen LogP contribution in [0.5, 0.6) is 0 Å². The van der Waals surface area contributed by atoms with Crippen molar-refractivity contribution in [2.45, 2.75) is 25.8 Å². The van der Waals surface area contributed by atoms with Gasteiger partial charge in [-0.05, 0) is 13.3 Å². The second kappa shape index (κ2) is 7.24. The molecule has 2 atom stereocenters. The zero-order chi connectivity index (χ0) is 12.7. The SMILES string of the molecule is CCOC(=O)CCCNC(=O)C1COCC1N. The second-order valence-electron chi connectivity index (χ2n) is 4.01. The van der Waals surface area contributed by atoms with Gasteiger partial charge >= 0.3 is 5.97 Å². The second-order valence-corrected chi connectivity index (χ2v) is 4.01. The summed E-state index contributed by atoms with van der Waals surface area (Å²) in [5.74, 6) is -0.598. The molecule has 0 aromatic carbocycles. The highest BCUT2D eigenvalue weighted by Gasteiger charge is 2.30. The first-order valence-corrected chi connectivity index (χ1v) is 5.91. The van der Waals surface area contributed by atoms with Crippen LogP contribution in [0.1, 0.15) is 19.8 Å². The third-order valence-electron chi connectivity index (χ3n) is 2.62. The van der Waals surface area contributed by atoms with E-state index in [0.29, 0.717) is 39.2 Å². The van der Waals surface area contributed by atoms with Gasteiger partial charge in [-0.15, -0.1) is 0 Å². The Bertz CT molecular complexity index is 270. The van der Waals surface area contributed by atoms with E-state index in [1.807, 2.05) is 0 Å². The molecule has 1 fully saturated rings. The first kappa shape index (κ1) is 13.9. The van der Waals surface area contributed by atoms with Crippen LogP contribution in [0.4, 0.5) is 0 Å². The standard InChI is InChI=1S/C11H20N2O4/c1-2-17-10(14)4-3-5-13-11(15)8-6-16-7-9(8)12/h8-9H,2-7,12H2,1H3,(H,13,15). The quantitative estimate of drug-likeness (QED) is 0.482. The zero-order valence-corrected chi connectivity index (χ0v) is 10.1. The van der Waals surface area contributed by atoms with Gasteiger partial charge in [-0.3, -0.25) is 9.59 Å². The summed E-state index contributed by atoms with van der Waals surface area (Å²) in [5, 5.41) is 2.75. The Balaban J connectivity index is 2.10. The fourth-order valence-electron chi connectivity index (χ4n) is 1.65. The van der Waals surface area contributed by atoms with Crippen LogP contribution >= 0.6 is 0 Å². The van der Waals surface area contributed by atoms with Crippen LogP contribution < -0.4 is 11.1 Å². The minimum atomic E-state index is -0.266. The molecule has 1 heterocycles. The molecule has 0 spiro atoms. The molecular weight excluding hydrogens is 224 g/mol. The summed E-state index contributed by atoms with van der Waals surface area (Å²) in [5.41, 5.74) is 5.71. The van der Waals surface area contributed by atoms with Gasteiger partial charge in [0.1, 0.15) is 0 Å². The lowest BCUT2D eigenvalue weighted by Gasteiger charge is -2.12. The number of hydrogen-bond donors (Lipinski definition) is 2. The number of ether oxygens (including phenoxy) is 2. The molecular formula is C11H20N2O4. The summed E-state index contributed by atoms with van der Waals surface area (Å²) in [6, 6.07) is -0.222. The molecule has 0 saturated carbocycles. The Labute approximate surface area is 101 Å². The number of carbonyl (C=O) groups excluding carboxylic acids is 2. The normalized spacial score (nSPS) is 23.4. The average molecular weight is 244 g/mol. The van der Waals surface area contributed by atoms with Crippen molar-refractivity contribution in [3.63, 3.8) is 0 Å². The van der Waals surface area contributed by atoms with Gasteiger partial charge in [-0.1, -0.05) is 0 Å². The maximum Gasteiger partial charge on any atom is 0.305 e. The van der Waals surface area contributed by atoms with Crippen molar-refractivity contribution in [3.8, 4) is 0 Å². The molecule has 0 aromatic rings. The minimum Gasteiger partial charge on any atom is -0.466 e. The highest BCUT2D eigenvalue weighted by Crippen LogP contribution is 2.11. The summed E-state index contributed by atoms with van der Waals surface area (Å²) in [6.45, 7) is 3.42. The molecule has 1 amide bonds. The highest BCUT2D eigenvalue weighted by molar-refractivity contribution is 5.79. The number of nitrogens with one attached hydrogen (secondary N) is 1. The number of hydrogen-bond acceptors (Lipinski definition) is 5. The third kappa shape index (κ3) is 4.70. The molecule has 1 aliphatic rings. The van der Waals surface area contributed by atoms with Crippen LogP contribution in [0.25, 0.3) is 0 Å². The number of esters is 1. The van der Waals surface area contributed by atoms with Gasteiger partial charge < -0.3 is 20.5 Å². The van der Waals surface area contributed by atoms with E-state index in [2.05, 4.69) is 5.32 Å². The molecule has 1 saturated heterocycles. The predicted octanol–water partition coefficient (Wildman–Crippen LogP) is -0.580. The van der Waals surface area contributed by atoms with Gasteiger partial charge in [0.05, 0.1) is 25.7 Å². The molecule has 0 aromatic heterocycles. The van der Waals surface area contributed by atoms with E-state index in [1.54, 1.807) is 6.92 Å². The lowest BCUT2D eigenvalue weighted by molar-refractivity contribution is -0.143. The molecule has 6 nitrogen and oxygen atoms in total. The van der Waals surface area contributed by atoms with E-state index in [0.717, 1.165) is 0 Å². The van der Waals surface area contributed by atoms with Crippen LogP contribution in [-0.4, -0.2) is 44.3 Å². The van der Waals surface area contributed by atoms with Gasteiger partial charge in [-0.25, -0.2) is 0 Å².